The van der Waals surface area contributed by atoms with Gasteiger partial charge in [-0.15, -0.1) is 0 Å². The van der Waals surface area contributed by atoms with E-state index in [0.29, 0.717) is 5.69 Å². The average molecular weight is 296 g/mol. The molecule has 1 unspecified atom stereocenters. The Morgan fingerprint density at radius 2 is 1.85 bits per heavy atom. The van der Waals surface area contributed by atoms with Crippen LogP contribution in [0.3, 0.4) is 0 Å². The van der Waals surface area contributed by atoms with Gasteiger partial charge in [0, 0.05) is 19.3 Å². The molecule has 1 fully saturated rings. The Kier molecular flexibility index (Phi) is 4.32. The highest BCUT2D eigenvalue weighted by Crippen LogP contribution is 2.22. The molecule has 0 spiro atoms. The Balaban J connectivity index is 2.15. The summed E-state index contributed by atoms with van der Waals surface area (Å²) in [5.41, 5.74) is 0.482. The number of carbonyl (C=O) groups is 1. The van der Waals surface area contributed by atoms with Gasteiger partial charge in [-0.1, -0.05) is 12.1 Å². The molecule has 5 nitrogen and oxygen atoms in total. The maximum atomic E-state index is 12.2. The first-order valence-corrected chi connectivity index (χ1v) is 8.63. The monoisotopic (exact) mass is 296 g/mol. The van der Waals surface area contributed by atoms with Crippen LogP contribution in [0, 0.1) is 0 Å². The lowest BCUT2D eigenvalue weighted by Crippen LogP contribution is -2.39. The molecule has 0 radical (unpaired) electrons. The summed E-state index contributed by atoms with van der Waals surface area (Å²) in [5.74, 6) is 0.0193. The van der Waals surface area contributed by atoms with Gasteiger partial charge in [0.1, 0.15) is 6.04 Å². The number of nitrogens with zero attached hydrogens (tertiary/aromatic N) is 1. The molecular formula is C14H20N2O3S. The number of hydrogen-bond donors (Lipinski definition) is 1. The van der Waals surface area contributed by atoms with Gasteiger partial charge in [0.2, 0.25) is 5.91 Å². The van der Waals surface area contributed by atoms with Crippen molar-refractivity contribution < 1.29 is 13.2 Å². The van der Waals surface area contributed by atoms with E-state index in [4.69, 9.17) is 0 Å². The number of anilines is 1. The van der Waals surface area contributed by atoms with Crippen LogP contribution in [0.4, 0.5) is 5.69 Å². The molecule has 110 valence electrons. The van der Waals surface area contributed by atoms with Crippen LogP contribution in [0.2, 0.25) is 0 Å². The average Bonchev–Trinajstić information content (AvgIpc) is 2.91. The number of amides is 1. The highest BCUT2D eigenvalue weighted by atomic mass is 32.2. The fourth-order valence-corrected chi connectivity index (χ4v) is 3.27. The predicted octanol–water partition coefficient (Wildman–Crippen LogP) is 1.51. The topological polar surface area (TPSA) is 66.5 Å². The fourth-order valence-electron chi connectivity index (χ4n) is 2.42. The second-order valence-corrected chi connectivity index (χ2v) is 7.15. The van der Waals surface area contributed by atoms with E-state index in [-0.39, 0.29) is 10.8 Å². The number of carbonyl (C=O) groups excluding carboxylic acids is 1. The van der Waals surface area contributed by atoms with Crippen molar-refractivity contribution in [2.24, 2.45) is 0 Å². The molecule has 0 saturated carbocycles. The first kappa shape index (κ1) is 14.8. The molecule has 6 heteroatoms. The Morgan fingerprint density at radius 1 is 1.25 bits per heavy atom. The maximum Gasteiger partial charge on any atom is 0.244 e. The molecule has 2 rings (SSSR count). The SMILES string of the molecule is CC(Nc1ccccc1S(C)(=O)=O)C(=O)N1CCCC1. The number of sulfone groups is 1. The van der Waals surface area contributed by atoms with E-state index in [9.17, 15) is 13.2 Å². The number of hydrogen-bond acceptors (Lipinski definition) is 4. The van der Waals surface area contributed by atoms with Gasteiger partial charge in [0.15, 0.2) is 9.84 Å². The van der Waals surface area contributed by atoms with Gasteiger partial charge >= 0.3 is 0 Å². The van der Waals surface area contributed by atoms with Crippen molar-refractivity contribution in [2.75, 3.05) is 24.7 Å². The summed E-state index contributed by atoms with van der Waals surface area (Å²) >= 11 is 0. The predicted molar refractivity (Wildman–Crippen MR) is 78.5 cm³/mol. The standard InChI is InChI=1S/C14H20N2O3S/c1-11(14(17)16-9-5-6-10-16)15-12-7-3-4-8-13(12)20(2,18)19/h3-4,7-8,11,15H,5-6,9-10H2,1-2H3. The van der Waals surface area contributed by atoms with E-state index in [2.05, 4.69) is 5.32 Å². The third kappa shape index (κ3) is 3.30. The minimum absolute atomic E-state index is 0.0193. The molecule has 0 bridgehead atoms. The largest absolute Gasteiger partial charge is 0.373 e. The lowest BCUT2D eigenvalue weighted by Gasteiger charge is -2.22. The maximum absolute atomic E-state index is 12.2. The zero-order chi connectivity index (χ0) is 14.8. The third-order valence-electron chi connectivity index (χ3n) is 3.45. The lowest BCUT2D eigenvalue weighted by molar-refractivity contribution is -0.130. The molecule has 1 N–H and O–H groups in total. The van der Waals surface area contributed by atoms with Crippen LogP contribution in [0.25, 0.3) is 0 Å². The van der Waals surface area contributed by atoms with Gasteiger partial charge in [-0.25, -0.2) is 8.42 Å². The first-order chi connectivity index (χ1) is 9.39. The Hall–Kier alpha value is -1.56. The second-order valence-electron chi connectivity index (χ2n) is 5.17. The molecule has 1 aliphatic rings. The van der Waals surface area contributed by atoms with Crippen LogP contribution in [-0.4, -0.2) is 44.6 Å². The van der Waals surface area contributed by atoms with Gasteiger partial charge < -0.3 is 10.2 Å². The molecule has 1 aromatic carbocycles. The Labute approximate surface area is 119 Å². The molecule has 1 aliphatic heterocycles. The molecule has 1 heterocycles. The molecule has 1 aromatic rings. The van der Waals surface area contributed by atoms with Crippen molar-refractivity contribution in [2.45, 2.75) is 30.7 Å². The van der Waals surface area contributed by atoms with E-state index in [1.165, 1.54) is 6.26 Å². The smallest absolute Gasteiger partial charge is 0.244 e. The molecule has 0 aromatic heterocycles. The molecule has 1 saturated heterocycles. The van der Waals surface area contributed by atoms with Gasteiger partial charge in [-0.2, -0.15) is 0 Å². The summed E-state index contributed by atoms with van der Waals surface area (Å²) in [6, 6.07) is 6.23. The van der Waals surface area contributed by atoms with Crippen molar-refractivity contribution in [1.82, 2.24) is 4.90 Å². The van der Waals surface area contributed by atoms with Crippen LogP contribution in [0.5, 0.6) is 0 Å². The lowest BCUT2D eigenvalue weighted by atomic mass is 10.2. The van der Waals surface area contributed by atoms with Gasteiger partial charge in [0.05, 0.1) is 10.6 Å². The molecule has 1 atom stereocenters. The highest BCUT2D eigenvalue weighted by molar-refractivity contribution is 7.90. The molecular weight excluding hydrogens is 276 g/mol. The summed E-state index contributed by atoms with van der Waals surface area (Å²) in [6.45, 7) is 3.34. The Bertz CT molecular complexity index is 592. The van der Waals surface area contributed by atoms with Gasteiger partial charge in [-0.05, 0) is 31.9 Å². The van der Waals surface area contributed by atoms with Crippen LogP contribution >= 0.6 is 0 Å². The molecule has 20 heavy (non-hydrogen) atoms. The number of para-hydroxylation sites is 1. The van der Waals surface area contributed by atoms with Crippen molar-refractivity contribution in [1.29, 1.82) is 0 Å². The van der Waals surface area contributed by atoms with E-state index in [1.54, 1.807) is 31.2 Å². The summed E-state index contributed by atoms with van der Waals surface area (Å²) in [7, 11) is -3.31. The first-order valence-electron chi connectivity index (χ1n) is 6.74. The normalized spacial score (nSPS) is 17.0. The minimum atomic E-state index is -3.31. The van der Waals surface area contributed by atoms with Crippen LogP contribution < -0.4 is 5.32 Å². The van der Waals surface area contributed by atoms with E-state index >= 15 is 0 Å². The number of likely N-dealkylation sites (tertiary alicyclic amines) is 1. The van der Waals surface area contributed by atoms with Crippen LogP contribution in [0.1, 0.15) is 19.8 Å². The minimum Gasteiger partial charge on any atom is -0.373 e. The second kappa shape index (κ2) is 5.83. The van der Waals surface area contributed by atoms with Crippen molar-refractivity contribution in [3.05, 3.63) is 24.3 Å². The summed E-state index contributed by atoms with van der Waals surface area (Å²) in [5, 5.41) is 3.02. The van der Waals surface area contributed by atoms with Gasteiger partial charge in [-0.3, -0.25) is 4.79 Å². The third-order valence-corrected chi connectivity index (χ3v) is 4.60. The number of nitrogens with one attached hydrogen (secondary N) is 1. The summed E-state index contributed by atoms with van der Waals surface area (Å²) < 4.78 is 23.5. The summed E-state index contributed by atoms with van der Waals surface area (Å²) in [6.07, 6.45) is 3.25. The number of rotatable bonds is 4. The molecule has 0 aliphatic carbocycles. The zero-order valence-corrected chi connectivity index (χ0v) is 12.6. The van der Waals surface area contributed by atoms with Gasteiger partial charge in [0.25, 0.3) is 0 Å². The van der Waals surface area contributed by atoms with Crippen molar-refractivity contribution in [3.63, 3.8) is 0 Å². The zero-order valence-electron chi connectivity index (χ0n) is 11.8. The van der Waals surface area contributed by atoms with Crippen molar-refractivity contribution in [3.8, 4) is 0 Å². The van der Waals surface area contributed by atoms with Crippen LogP contribution in [0.15, 0.2) is 29.2 Å². The summed E-state index contributed by atoms with van der Waals surface area (Å²) in [4.78, 5) is 14.3. The van der Waals surface area contributed by atoms with E-state index < -0.39 is 15.9 Å². The fraction of sp³-hybridized carbons (Fsp3) is 0.500. The number of benzene rings is 1. The molecule has 1 amide bonds. The van der Waals surface area contributed by atoms with Crippen molar-refractivity contribution >= 4 is 21.4 Å². The highest BCUT2D eigenvalue weighted by Gasteiger charge is 2.24. The Morgan fingerprint density at radius 3 is 2.45 bits per heavy atom. The quantitative estimate of drug-likeness (QED) is 0.914. The van der Waals surface area contributed by atoms with Crippen LogP contribution in [-0.2, 0) is 14.6 Å². The van der Waals surface area contributed by atoms with E-state index in [0.717, 1.165) is 25.9 Å². The van der Waals surface area contributed by atoms with E-state index in [1.807, 2.05) is 4.90 Å².